The second-order valence-corrected chi connectivity index (χ2v) is 6.55. The largest absolute Gasteiger partial charge is 0.391 e. The number of likely N-dealkylation sites (N-methyl/N-ethyl adjacent to an activating group) is 1. The number of nitrogens with one attached hydrogen (secondary N) is 2. The fraction of sp³-hybridized carbons (Fsp3) is 0.364. The van der Waals surface area contributed by atoms with E-state index in [9.17, 15) is 4.79 Å². The Kier molecular flexibility index (Phi) is 8.79. The molecule has 0 saturated heterocycles. The standard InChI is InChI=1S/C22H29N3O4/c1-15-9-8-12-19(21(25-28-5)22(26)23-3)20(15)14-29-24-16(2)18-11-7-6-10-17(18)13-27-4/h6-12,21,25H,13-14H2,1-5H3,(H,23,26)/b24-16+. The minimum Gasteiger partial charge on any atom is -0.391 e. The fourth-order valence-electron chi connectivity index (χ4n) is 3.11. The van der Waals surface area contributed by atoms with Crippen LogP contribution >= 0.6 is 0 Å². The summed E-state index contributed by atoms with van der Waals surface area (Å²) in [4.78, 5) is 23.0. The lowest BCUT2D eigenvalue weighted by Gasteiger charge is -2.20. The van der Waals surface area contributed by atoms with Crippen molar-refractivity contribution in [3.63, 3.8) is 0 Å². The first-order chi connectivity index (χ1) is 14.0. The highest BCUT2D eigenvalue weighted by atomic mass is 16.6. The maximum Gasteiger partial charge on any atom is 0.243 e. The van der Waals surface area contributed by atoms with Crippen molar-refractivity contribution in [3.8, 4) is 0 Å². The summed E-state index contributed by atoms with van der Waals surface area (Å²) in [6.45, 7) is 4.60. The molecular formula is C22H29N3O4. The molecule has 1 atom stereocenters. The summed E-state index contributed by atoms with van der Waals surface area (Å²) >= 11 is 0. The Morgan fingerprint density at radius 2 is 1.86 bits per heavy atom. The van der Waals surface area contributed by atoms with Crippen molar-refractivity contribution in [2.24, 2.45) is 5.16 Å². The number of methoxy groups -OCH3 is 1. The second kappa shape index (κ2) is 11.3. The van der Waals surface area contributed by atoms with E-state index in [-0.39, 0.29) is 12.5 Å². The molecule has 2 aromatic carbocycles. The molecule has 1 amide bonds. The number of nitrogens with zero attached hydrogens (tertiary/aromatic N) is 1. The van der Waals surface area contributed by atoms with Crippen LogP contribution in [0, 0.1) is 6.92 Å². The molecule has 29 heavy (non-hydrogen) atoms. The van der Waals surface area contributed by atoms with Gasteiger partial charge in [0.05, 0.1) is 19.4 Å². The van der Waals surface area contributed by atoms with E-state index in [2.05, 4.69) is 16.0 Å². The van der Waals surface area contributed by atoms with Gasteiger partial charge in [0.2, 0.25) is 5.91 Å². The van der Waals surface area contributed by atoms with Crippen LogP contribution in [0.25, 0.3) is 0 Å². The summed E-state index contributed by atoms with van der Waals surface area (Å²) in [6.07, 6.45) is 0. The van der Waals surface area contributed by atoms with Gasteiger partial charge in [-0.1, -0.05) is 47.6 Å². The first kappa shape index (κ1) is 22.5. The molecule has 0 radical (unpaired) electrons. The Balaban J connectivity index is 2.25. The Hall–Kier alpha value is -2.74. The molecule has 0 spiro atoms. The van der Waals surface area contributed by atoms with E-state index < -0.39 is 6.04 Å². The molecule has 0 heterocycles. The molecule has 7 heteroatoms. The van der Waals surface area contributed by atoms with Crippen molar-refractivity contribution in [2.45, 2.75) is 33.1 Å². The summed E-state index contributed by atoms with van der Waals surface area (Å²) in [5, 5.41) is 6.94. The number of aryl methyl sites for hydroxylation is 1. The molecule has 0 aliphatic carbocycles. The van der Waals surface area contributed by atoms with E-state index in [1.807, 2.05) is 56.3 Å². The van der Waals surface area contributed by atoms with Crippen LogP contribution in [0.2, 0.25) is 0 Å². The molecule has 2 rings (SSSR count). The van der Waals surface area contributed by atoms with Crippen LogP contribution in [-0.2, 0) is 32.4 Å². The minimum atomic E-state index is -0.656. The van der Waals surface area contributed by atoms with E-state index in [1.165, 1.54) is 7.11 Å². The number of ether oxygens (including phenoxy) is 1. The van der Waals surface area contributed by atoms with E-state index in [4.69, 9.17) is 14.4 Å². The molecule has 0 bridgehead atoms. The van der Waals surface area contributed by atoms with Crippen LogP contribution in [0.5, 0.6) is 0 Å². The number of amides is 1. The molecule has 0 saturated carbocycles. The first-order valence-electron chi connectivity index (χ1n) is 9.35. The van der Waals surface area contributed by atoms with Crippen LogP contribution < -0.4 is 10.8 Å². The molecule has 1 unspecified atom stereocenters. The van der Waals surface area contributed by atoms with Gasteiger partial charge in [-0.2, -0.15) is 5.48 Å². The summed E-state index contributed by atoms with van der Waals surface area (Å²) in [5.41, 5.74) is 8.18. The Labute approximate surface area is 172 Å². The number of benzene rings is 2. The highest BCUT2D eigenvalue weighted by molar-refractivity contribution is 5.99. The molecule has 156 valence electrons. The minimum absolute atomic E-state index is 0.202. The predicted molar refractivity (Wildman–Crippen MR) is 112 cm³/mol. The highest BCUT2D eigenvalue weighted by Crippen LogP contribution is 2.23. The number of oxime groups is 1. The van der Waals surface area contributed by atoms with Crippen LogP contribution in [-0.4, -0.2) is 32.9 Å². The Bertz CT molecular complexity index is 852. The summed E-state index contributed by atoms with van der Waals surface area (Å²) in [5.74, 6) is -0.202. The number of carbonyl (C=O) groups is 1. The van der Waals surface area contributed by atoms with Crippen molar-refractivity contribution in [3.05, 3.63) is 70.3 Å². The Morgan fingerprint density at radius 3 is 2.55 bits per heavy atom. The van der Waals surface area contributed by atoms with Gasteiger partial charge in [0.15, 0.2) is 0 Å². The van der Waals surface area contributed by atoms with Crippen LogP contribution in [0.3, 0.4) is 0 Å². The van der Waals surface area contributed by atoms with Gasteiger partial charge in [-0.05, 0) is 30.5 Å². The third kappa shape index (κ3) is 5.87. The normalized spacial score (nSPS) is 12.5. The van der Waals surface area contributed by atoms with Crippen LogP contribution in [0.15, 0.2) is 47.6 Å². The van der Waals surface area contributed by atoms with E-state index in [0.717, 1.165) is 33.5 Å². The summed E-state index contributed by atoms with van der Waals surface area (Å²) in [7, 11) is 4.73. The van der Waals surface area contributed by atoms with Crippen molar-refractivity contribution >= 4 is 11.6 Å². The second-order valence-electron chi connectivity index (χ2n) is 6.55. The maximum atomic E-state index is 12.3. The van der Waals surface area contributed by atoms with Crippen LogP contribution in [0.4, 0.5) is 0 Å². The smallest absolute Gasteiger partial charge is 0.243 e. The molecule has 0 aliphatic heterocycles. The molecule has 7 nitrogen and oxygen atoms in total. The Morgan fingerprint density at radius 1 is 1.10 bits per heavy atom. The lowest BCUT2D eigenvalue weighted by molar-refractivity contribution is -0.126. The first-order valence-corrected chi connectivity index (χ1v) is 9.35. The van der Waals surface area contributed by atoms with Gasteiger partial charge >= 0.3 is 0 Å². The van der Waals surface area contributed by atoms with Gasteiger partial charge in [0.25, 0.3) is 0 Å². The van der Waals surface area contributed by atoms with Crippen LogP contribution in [0.1, 0.15) is 40.8 Å². The van der Waals surface area contributed by atoms with Crippen molar-refractivity contribution in [1.82, 2.24) is 10.8 Å². The van der Waals surface area contributed by atoms with Gasteiger partial charge in [-0.25, -0.2) is 0 Å². The van der Waals surface area contributed by atoms with E-state index in [1.54, 1.807) is 14.2 Å². The number of carbonyl (C=O) groups excluding carboxylic acids is 1. The SMILES string of the molecule is CNC(=O)C(NOC)c1cccc(C)c1CO/N=C(\C)c1ccccc1COC. The molecule has 2 aromatic rings. The van der Waals surface area contributed by atoms with Gasteiger partial charge in [-0.3, -0.25) is 4.79 Å². The highest BCUT2D eigenvalue weighted by Gasteiger charge is 2.23. The lowest BCUT2D eigenvalue weighted by Crippen LogP contribution is -2.36. The molecule has 2 N–H and O–H groups in total. The maximum absolute atomic E-state index is 12.3. The summed E-state index contributed by atoms with van der Waals surface area (Å²) < 4.78 is 5.25. The third-order valence-corrected chi connectivity index (χ3v) is 4.62. The monoisotopic (exact) mass is 399 g/mol. The number of hydrogen-bond donors (Lipinski definition) is 2. The van der Waals surface area contributed by atoms with Gasteiger partial charge < -0.3 is 19.7 Å². The zero-order valence-corrected chi connectivity index (χ0v) is 17.6. The summed E-state index contributed by atoms with van der Waals surface area (Å²) in [6, 6.07) is 13.0. The van der Waals surface area contributed by atoms with Gasteiger partial charge in [-0.15, -0.1) is 0 Å². The quantitative estimate of drug-likeness (QED) is 0.474. The molecule has 0 aliphatic rings. The van der Waals surface area contributed by atoms with Gasteiger partial charge in [0.1, 0.15) is 12.6 Å². The van der Waals surface area contributed by atoms with Crippen molar-refractivity contribution in [1.29, 1.82) is 0 Å². The topological polar surface area (TPSA) is 81.2 Å². The molecular weight excluding hydrogens is 370 g/mol. The predicted octanol–water partition coefficient (Wildman–Crippen LogP) is 3.02. The third-order valence-electron chi connectivity index (χ3n) is 4.62. The average molecular weight is 399 g/mol. The number of hydrogen-bond acceptors (Lipinski definition) is 6. The van der Waals surface area contributed by atoms with Crippen molar-refractivity contribution < 1.29 is 19.2 Å². The average Bonchev–Trinajstić information content (AvgIpc) is 2.73. The van der Waals surface area contributed by atoms with Gasteiger partial charge in [0, 0.05) is 25.3 Å². The number of hydroxylamine groups is 1. The zero-order valence-electron chi connectivity index (χ0n) is 17.6. The van der Waals surface area contributed by atoms with E-state index >= 15 is 0 Å². The van der Waals surface area contributed by atoms with E-state index in [0.29, 0.717) is 6.61 Å². The zero-order chi connectivity index (χ0) is 21.2. The van der Waals surface area contributed by atoms with Crippen molar-refractivity contribution in [2.75, 3.05) is 21.3 Å². The molecule has 0 fully saturated rings. The number of rotatable bonds is 10. The molecule has 0 aromatic heterocycles. The fourth-order valence-corrected chi connectivity index (χ4v) is 3.11. The lowest BCUT2D eigenvalue weighted by atomic mass is 9.96.